The molecule has 0 bridgehead atoms. The zero-order valence-corrected chi connectivity index (χ0v) is 14.5. The molecule has 3 rings (SSSR count). The van der Waals surface area contributed by atoms with Crippen molar-refractivity contribution in [2.24, 2.45) is 5.92 Å². The van der Waals surface area contributed by atoms with Crippen molar-refractivity contribution in [2.75, 3.05) is 31.2 Å². The van der Waals surface area contributed by atoms with E-state index in [1.54, 1.807) is 12.1 Å². The maximum atomic E-state index is 13.5. The summed E-state index contributed by atoms with van der Waals surface area (Å²) in [4.78, 5) is 18.9. The number of ether oxygens (including phenoxy) is 1. The van der Waals surface area contributed by atoms with Crippen molar-refractivity contribution in [1.29, 1.82) is 5.26 Å². The summed E-state index contributed by atoms with van der Waals surface area (Å²) >= 11 is 0. The van der Waals surface area contributed by atoms with E-state index >= 15 is 0 Å². The number of halogens is 2. The maximum Gasteiger partial charge on any atom is 0.261 e. The van der Waals surface area contributed by atoms with Crippen molar-refractivity contribution in [3.05, 3.63) is 23.9 Å². The van der Waals surface area contributed by atoms with Crippen LogP contribution >= 0.6 is 0 Å². The zero-order chi connectivity index (χ0) is 18.6. The maximum absolute atomic E-state index is 13.5. The van der Waals surface area contributed by atoms with E-state index in [2.05, 4.69) is 10.3 Å². The molecule has 0 radical (unpaired) electrons. The number of nitrogens with one attached hydrogen (secondary N) is 1. The molecule has 0 aromatic carbocycles. The Morgan fingerprint density at radius 2 is 2.04 bits per heavy atom. The molecule has 8 heteroatoms. The van der Waals surface area contributed by atoms with Crippen LogP contribution in [0.15, 0.2) is 18.3 Å². The number of carbonyl (C=O) groups is 1. The normalized spacial score (nSPS) is 20.6. The molecule has 1 amide bonds. The van der Waals surface area contributed by atoms with Gasteiger partial charge in [-0.3, -0.25) is 4.79 Å². The van der Waals surface area contributed by atoms with Crippen LogP contribution in [0, 0.1) is 17.2 Å². The standard InChI is InChI=1S/C18H22F2N4O2/c19-17(20)18(5-9-26-10-6-18)23-16(25)14-3-7-24(8-4-14)15-2-1-13(11-21)12-22-15/h1-2,12,14,17H,3-10H2,(H,23,25). The minimum absolute atomic E-state index is 0.143. The Labute approximate surface area is 151 Å². The van der Waals surface area contributed by atoms with Gasteiger partial charge in [0, 0.05) is 38.4 Å². The molecule has 2 aliphatic heterocycles. The van der Waals surface area contributed by atoms with Crippen LogP contribution in [-0.4, -0.2) is 49.2 Å². The van der Waals surface area contributed by atoms with Gasteiger partial charge in [0.15, 0.2) is 0 Å². The summed E-state index contributed by atoms with van der Waals surface area (Å²) in [7, 11) is 0. The number of carbonyl (C=O) groups excluding carboxylic acids is 1. The molecule has 140 valence electrons. The third kappa shape index (κ3) is 3.93. The third-order valence-electron chi connectivity index (χ3n) is 5.24. The first-order valence-electron chi connectivity index (χ1n) is 8.83. The number of piperidine rings is 1. The highest BCUT2D eigenvalue weighted by Crippen LogP contribution is 2.29. The van der Waals surface area contributed by atoms with Gasteiger partial charge in [-0.25, -0.2) is 13.8 Å². The smallest absolute Gasteiger partial charge is 0.261 e. The largest absolute Gasteiger partial charge is 0.381 e. The summed E-state index contributed by atoms with van der Waals surface area (Å²) < 4.78 is 32.2. The highest BCUT2D eigenvalue weighted by atomic mass is 19.3. The first-order chi connectivity index (χ1) is 12.5. The van der Waals surface area contributed by atoms with Crippen LogP contribution in [0.5, 0.6) is 0 Å². The highest BCUT2D eigenvalue weighted by molar-refractivity contribution is 5.80. The molecule has 1 aromatic heterocycles. The molecule has 2 fully saturated rings. The Hall–Kier alpha value is -2.27. The Morgan fingerprint density at radius 1 is 1.35 bits per heavy atom. The lowest BCUT2D eigenvalue weighted by atomic mass is 9.88. The molecule has 0 atom stereocenters. The van der Waals surface area contributed by atoms with Crippen molar-refractivity contribution < 1.29 is 18.3 Å². The Balaban J connectivity index is 1.56. The van der Waals surface area contributed by atoms with Gasteiger partial charge in [-0.05, 0) is 37.8 Å². The van der Waals surface area contributed by atoms with Crippen molar-refractivity contribution in [2.45, 2.75) is 37.6 Å². The molecule has 0 unspecified atom stereocenters. The molecule has 26 heavy (non-hydrogen) atoms. The van der Waals surface area contributed by atoms with Gasteiger partial charge in [0.1, 0.15) is 17.4 Å². The van der Waals surface area contributed by atoms with Crippen molar-refractivity contribution in [3.63, 3.8) is 0 Å². The fraction of sp³-hybridized carbons (Fsp3) is 0.611. The van der Waals surface area contributed by atoms with Gasteiger partial charge in [0.05, 0.1) is 5.56 Å². The molecular weight excluding hydrogens is 342 g/mol. The number of nitriles is 1. The third-order valence-corrected chi connectivity index (χ3v) is 5.24. The van der Waals surface area contributed by atoms with E-state index in [0.29, 0.717) is 31.5 Å². The molecule has 2 aliphatic rings. The first kappa shape index (κ1) is 18.5. The van der Waals surface area contributed by atoms with E-state index < -0.39 is 12.0 Å². The SMILES string of the molecule is N#Cc1ccc(N2CCC(C(=O)NC3(C(F)F)CCOCC3)CC2)nc1. The van der Waals surface area contributed by atoms with Gasteiger partial charge in [-0.15, -0.1) is 0 Å². The predicted octanol–water partition coefficient (Wildman–Crippen LogP) is 2.10. The lowest BCUT2D eigenvalue weighted by Gasteiger charge is -2.39. The van der Waals surface area contributed by atoms with E-state index in [9.17, 15) is 13.6 Å². The number of hydrogen-bond donors (Lipinski definition) is 1. The van der Waals surface area contributed by atoms with Crippen molar-refractivity contribution in [1.82, 2.24) is 10.3 Å². The number of aromatic nitrogens is 1. The second-order valence-electron chi connectivity index (χ2n) is 6.84. The molecule has 1 aromatic rings. The van der Waals surface area contributed by atoms with Gasteiger partial charge in [-0.1, -0.05) is 0 Å². The van der Waals surface area contributed by atoms with Crippen LogP contribution in [0.25, 0.3) is 0 Å². The Bertz CT molecular complexity index is 661. The minimum Gasteiger partial charge on any atom is -0.381 e. The first-order valence-corrected chi connectivity index (χ1v) is 8.83. The summed E-state index contributed by atoms with van der Waals surface area (Å²) in [5.74, 6) is 0.194. The fourth-order valence-electron chi connectivity index (χ4n) is 3.49. The lowest BCUT2D eigenvalue weighted by molar-refractivity contribution is -0.133. The molecular formula is C18H22F2N4O2. The number of rotatable bonds is 4. The Morgan fingerprint density at radius 3 is 2.58 bits per heavy atom. The van der Waals surface area contributed by atoms with Crippen LogP contribution in [0.1, 0.15) is 31.2 Å². The van der Waals surface area contributed by atoms with E-state index in [-0.39, 0.29) is 37.9 Å². The molecule has 0 spiro atoms. The Kier molecular flexibility index (Phi) is 5.67. The minimum atomic E-state index is -2.60. The number of hydrogen-bond acceptors (Lipinski definition) is 5. The van der Waals surface area contributed by atoms with Crippen molar-refractivity contribution in [3.8, 4) is 6.07 Å². The quantitative estimate of drug-likeness (QED) is 0.885. The van der Waals surface area contributed by atoms with Crippen LogP contribution in [0.4, 0.5) is 14.6 Å². The van der Waals surface area contributed by atoms with E-state index in [4.69, 9.17) is 10.00 Å². The van der Waals surface area contributed by atoms with Gasteiger partial charge in [0.25, 0.3) is 6.43 Å². The molecule has 6 nitrogen and oxygen atoms in total. The van der Waals surface area contributed by atoms with Gasteiger partial charge >= 0.3 is 0 Å². The second kappa shape index (κ2) is 7.96. The number of anilines is 1. The van der Waals surface area contributed by atoms with E-state index in [0.717, 1.165) is 5.82 Å². The number of amides is 1. The fourth-order valence-corrected chi connectivity index (χ4v) is 3.49. The lowest BCUT2D eigenvalue weighted by Crippen LogP contribution is -2.58. The van der Waals surface area contributed by atoms with Crippen LogP contribution in [0.3, 0.4) is 0 Å². The molecule has 1 N–H and O–H groups in total. The summed E-state index contributed by atoms with van der Waals surface area (Å²) in [6.45, 7) is 1.74. The number of pyridine rings is 1. The second-order valence-corrected chi connectivity index (χ2v) is 6.84. The molecule has 0 saturated carbocycles. The van der Waals surface area contributed by atoms with Crippen LogP contribution in [0.2, 0.25) is 0 Å². The summed E-state index contributed by atoms with van der Waals surface area (Å²) in [5, 5.41) is 11.5. The summed E-state index contributed by atoms with van der Waals surface area (Å²) in [6.07, 6.45) is 0.381. The monoisotopic (exact) mass is 364 g/mol. The van der Waals surface area contributed by atoms with Gasteiger partial charge in [-0.2, -0.15) is 5.26 Å². The van der Waals surface area contributed by atoms with E-state index in [1.807, 2.05) is 11.0 Å². The van der Waals surface area contributed by atoms with Crippen LogP contribution in [-0.2, 0) is 9.53 Å². The van der Waals surface area contributed by atoms with Gasteiger partial charge in [0.2, 0.25) is 5.91 Å². The summed E-state index contributed by atoms with van der Waals surface area (Å²) in [6, 6.07) is 5.52. The zero-order valence-electron chi connectivity index (χ0n) is 14.5. The predicted molar refractivity (Wildman–Crippen MR) is 90.8 cm³/mol. The van der Waals surface area contributed by atoms with Crippen molar-refractivity contribution >= 4 is 11.7 Å². The average molecular weight is 364 g/mol. The van der Waals surface area contributed by atoms with Gasteiger partial charge < -0.3 is 15.0 Å². The number of alkyl halides is 2. The topological polar surface area (TPSA) is 78.2 Å². The number of nitrogens with zero attached hydrogens (tertiary/aromatic N) is 3. The molecule has 2 saturated heterocycles. The van der Waals surface area contributed by atoms with E-state index in [1.165, 1.54) is 6.20 Å². The molecule has 3 heterocycles. The average Bonchev–Trinajstić information content (AvgIpc) is 2.69. The van der Waals surface area contributed by atoms with Crippen LogP contribution < -0.4 is 10.2 Å². The molecule has 0 aliphatic carbocycles. The highest BCUT2D eigenvalue weighted by Gasteiger charge is 2.44. The summed E-state index contributed by atoms with van der Waals surface area (Å²) in [5.41, 5.74) is -0.960.